The summed E-state index contributed by atoms with van der Waals surface area (Å²) in [6.07, 6.45) is 4.39. The second kappa shape index (κ2) is 7.36. The standard InChI is InChI=1S/C21H22ClN3O3/c1-12-8-18(26)19(10-25(12)2)28-11-20(27)23-17-5-3-4-14-15-9-13(22)6-7-16(15)24-21(14)17/h6-10,17,24H,3-5,11H2,1-2H3,(H,23,27)/t17-/m1/s1. The SMILES string of the molecule is Cc1cc(=O)c(OCC(=O)N[C@@H]2CCCc3c2[nH]c2ccc(Cl)cc32)cn1C. The minimum absolute atomic E-state index is 0.105. The summed E-state index contributed by atoms with van der Waals surface area (Å²) >= 11 is 6.14. The molecule has 6 nitrogen and oxygen atoms in total. The van der Waals surface area contributed by atoms with E-state index in [-0.39, 0.29) is 29.7 Å². The summed E-state index contributed by atoms with van der Waals surface area (Å²) < 4.78 is 7.25. The number of pyridine rings is 1. The van der Waals surface area contributed by atoms with Gasteiger partial charge in [-0.1, -0.05) is 11.6 Å². The number of carbonyl (C=O) groups is 1. The molecular formula is C21H22ClN3O3. The molecule has 3 aromatic rings. The van der Waals surface area contributed by atoms with Crippen LogP contribution in [0.4, 0.5) is 0 Å². The van der Waals surface area contributed by atoms with Crippen molar-refractivity contribution in [1.82, 2.24) is 14.9 Å². The van der Waals surface area contributed by atoms with Gasteiger partial charge in [0.25, 0.3) is 5.91 Å². The molecule has 0 aliphatic heterocycles. The highest BCUT2D eigenvalue weighted by Gasteiger charge is 2.25. The lowest BCUT2D eigenvalue weighted by molar-refractivity contribution is -0.124. The van der Waals surface area contributed by atoms with Crippen LogP contribution in [0.1, 0.15) is 35.8 Å². The number of rotatable bonds is 4. The van der Waals surface area contributed by atoms with Crippen LogP contribution in [-0.2, 0) is 18.3 Å². The summed E-state index contributed by atoms with van der Waals surface area (Å²) in [5.74, 6) is -0.0787. The molecular weight excluding hydrogens is 378 g/mol. The Hall–Kier alpha value is -2.73. The third-order valence-electron chi connectivity index (χ3n) is 5.31. The first-order valence-electron chi connectivity index (χ1n) is 9.32. The molecule has 1 atom stereocenters. The van der Waals surface area contributed by atoms with Crippen LogP contribution in [0.2, 0.25) is 5.02 Å². The molecule has 7 heteroatoms. The van der Waals surface area contributed by atoms with E-state index in [1.807, 2.05) is 32.2 Å². The molecule has 2 N–H and O–H groups in total. The molecule has 0 unspecified atom stereocenters. The van der Waals surface area contributed by atoms with E-state index in [1.54, 1.807) is 10.8 Å². The first kappa shape index (κ1) is 18.6. The number of nitrogens with one attached hydrogen (secondary N) is 2. The summed E-state index contributed by atoms with van der Waals surface area (Å²) in [7, 11) is 1.83. The second-order valence-electron chi connectivity index (χ2n) is 7.26. The van der Waals surface area contributed by atoms with Crippen molar-refractivity contribution in [3.8, 4) is 5.75 Å². The van der Waals surface area contributed by atoms with Crippen LogP contribution in [0.25, 0.3) is 10.9 Å². The maximum atomic E-state index is 12.4. The molecule has 28 heavy (non-hydrogen) atoms. The summed E-state index contributed by atoms with van der Waals surface area (Å²) in [5, 5.41) is 4.84. The maximum Gasteiger partial charge on any atom is 0.258 e. The number of hydrogen-bond acceptors (Lipinski definition) is 3. The Morgan fingerprint density at radius 2 is 2.21 bits per heavy atom. The van der Waals surface area contributed by atoms with E-state index in [1.165, 1.54) is 11.6 Å². The van der Waals surface area contributed by atoms with Gasteiger partial charge < -0.3 is 19.6 Å². The van der Waals surface area contributed by atoms with Gasteiger partial charge in [-0.25, -0.2) is 0 Å². The van der Waals surface area contributed by atoms with Gasteiger partial charge in [0.05, 0.1) is 6.04 Å². The lowest BCUT2D eigenvalue weighted by Crippen LogP contribution is -2.35. The van der Waals surface area contributed by atoms with Gasteiger partial charge in [-0.05, 0) is 49.9 Å². The monoisotopic (exact) mass is 399 g/mol. The smallest absolute Gasteiger partial charge is 0.258 e. The highest BCUT2D eigenvalue weighted by atomic mass is 35.5. The molecule has 0 fully saturated rings. The summed E-state index contributed by atoms with van der Waals surface area (Å²) in [6.45, 7) is 1.64. The molecule has 0 radical (unpaired) electrons. The van der Waals surface area contributed by atoms with Crippen molar-refractivity contribution in [1.29, 1.82) is 0 Å². The van der Waals surface area contributed by atoms with Crippen molar-refractivity contribution in [2.45, 2.75) is 32.2 Å². The molecule has 0 bridgehead atoms. The molecule has 1 amide bonds. The zero-order valence-electron chi connectivity index (χ0n) is 15.8. The molecule has 0 spiro atoms. The van der Waals surface area contributed by atoms with Crippen LogP contribution in [0.5, 0.6) is 5.75 Å². The number of aromatic nitrogens is 2. The zero-order valence-corrected chi connectivity index (χ0v) is 16.6. The molecule has 1 aliphatic rings. The predicted molar refractivity (Wildman–Crippen MR) is 109 cm³/mol. The molecule has 1 aromatic carbocycles. The van der Waals surface area contributed by atoms with Crippen molar-refractivity contribution in [3.05, 3.63) is 62.7 Å². The second-order valence-corrected chi connectivity index (χ2v) is 7.70. The van der Waals surface area contributed by atoms with E-state index in [0.29, 0.717) is 5.02 Å². The van der Waals surface area contributed by atoms with Crippen LogP contribution in [-0.4, -0.2) is 22.1 Å². The van der Waals surface area contributed by atoms with Crippen molar-refractivity contribution < 1.29 is 9.53 Å². The van der Waals surface area contributed by atoms with Gasteiger partial charge in [-0.2, -0.15) is 0 Å². The zero-order chi connectivity index (χ0) is 19.8. The van der Waals surface area contributed by atoms with E-state index in [9.17, 15) is 9.59 Å². The summed E-state index contributed by atoms with van der Waals surface area (Å²) in [5.41, 5.74) is 3.87. The topological polar surface area (TPSA) is 76.1 Å². The molecule has 0 saturated carbocycles. The van der Waals surface area contributed by atoms with Crippen LogP contribution >= 0.6 is 11.6 Å². The maximum absolute atomic E-state index is 12.4. The molecule has 0 saturated heterocycles. The van der Waals surface area contributed by atoms with Crippen molar-refractivity contribution in [2.24, 2.45) is 7.05 Å². The molecule has 4 rings (SSSR count). The number of nitrogens with zero attached hydrogens (tertiary/aromatic N) is 1. The fourth-order valence-corrected chi connectivity index (χ4v) is 3.94. The van der Waals surface area contributed by atoms with Crippen LogP contribution in [0.3, 0.4) is 0 Å². The van der Waals surface area contributed by atoms with Gasteiger partial charge in [0.2, 0.25) is 5.43 Å². The van der Waals surface area contributed by atoms with Gasteiger partial charge in [0.15, 0.2) is 12.4 Å². The quantitative estimate of drug-likeness (QED) is 0.706. The van der Waals surface area contributed by atoms with E-state index < -0.39 is 0 Å². The summed E-state index contributed by atoms with van der Waals surface area (Å²) in [6, 6.07) is 7.18. The fraction of sp³-hybridized carbons (Fsp3) is 0.333. The van der Waals surface area contributed by atoms with E-state index in [4.69, 9.17) is 16.3 Å². The Bertz CT molecular complexity index is 1120. The van der Waals surface area contributed by atoms with Crippen molar-refractivity contribution >= 4 is 28.4 Å². The van der Waals surface area contributed by atoms with Gasteiger partial charge >= 0.3 is 0 Å². The van der Waals surface area contributed by atoms with Crippen LogP contribution in [0, 0.1) is 6.92 Å². The Balaban J connectivity index is 1.48. The average Bonchev–Trinajstić information content (AvgIpc) is 3.03. The number of carbonyl (C=O) groups excluding carboxylic acids is 1. The highest BCUT2D eigenvalue weighted by Crippen LogP contribution is 2.35. The molecule has 2 aromatic heterocycles. The Kier molecular flexibility index (Phi) is 4.89. The van der Waals surface area contributed by atoms with Crippen molar-refractivity contribution in [3.63, 3.8) is 0 Å². The lowest BCUT2D eigenvalue weighted by Gasteiger charge is -2.24. The van der Waals surface area contributed by atoms with E-state index in [0.717, 1.165) is 41.6 Å². The number of ether oxygens (including phenoxy) is 1. The average molecular weight is 400 g/mol. The minimum atomic E-state index is -0.253. The predicted octanol–water partition coefficient (Wildman–Crippen LogP) is 3.40. The van der Waals surface area contributed by atoms with E-state index >= 15 is 0 Å². The van der Waals surface area contributed by atoms with Crippen LogP contribution < -0.4 is 15.5 Å². The van der Waals surface area contributed by atoms with Gasteiger partial charge in [-0.3, -0.25) is 9.59 Å². The number of hydrogen-bond donors (Lipinski definition) is 2. The number of aryl methyl sites for hydroxylation is 3. The lowest BCUT2D eigenvalue weighted by atomic mass is 9.91. The normalized spacial score (nSPS) is 16.0. The third-order valence-corrected chi connectivity index (χ3v) is 5.55. The third kappa shape index (κ3) is 3.52. The Morgan fingerprint density at radius 3 is 3.04 bits per heavy atom. The number of fused-ring (bicyclic) bond motifs is 3. The number of amides is 1. The first-order chi connectivity index (χ1) is 13.4. The van der Waals surface area contributed by atoms with Gasteiger partial charge in [0, 0.05) is 46.6 Å². The number of aromatic amines is 1. The van der Waals surface area contributed by atoms with Gasteiger partial charge in [-0.15, -0.1) is 0 Å². The molecule has 1 aliphatic carbocycles. The minimum Gasteiger partial charge on any atom is -0.478 e. The Morgan fingerprint density at radius 1 is 1.39 bits per heavy atom. The summed E-state index contributed by atoms with van der Waals surface area (Å²) in [4.78, 5) is 27.9. The number of H-pyrrole nitrogens is 1. The number of benzene rings is 1. The van der Waals surface area contributed by atoms with Crippen molar-refractivity contribution in [2.75, 3.05) is 6.61 Å². The molecule has 2 heterocycles. The first-order valence-corrected chi connectivity index (χ1v) is 9.69. The number of halogens is 1. The van der Waals surface area contributed by atoms with Crippen LogP contribution in [0.15, 0.2) is 35.3 Å². The molecule has 146 valence electrons. The fourth-order valence-electron chi connectivity index (χ4n) is 3.77. The van der Waals surface area contributed by atoms with Gasteiger partial charge in [0.1, 0.15) is 0 Å². The Labute approximate surface area is 167 Å². The van der Waals surface area contributed by atoms with E-state index in [2.05, 4.69) is 10.3 Å². The largest absolute Gasteiger partial charge is 0.478 e. The highest BCUT2D eigenvalue weighted by molar-refractivity contribution is 6.31.